The SMILES string of the molecule is Cc1cnc(Nc2ccc(OCCCNCC(=O)NCc3scc4c3CN([C@H]3CCC(=O)NC3=O)C4=O)cc2)nc1Nc1cccc(S(=O)(=O)NC(C)(C)C)c1. The van der Waals surface area contributed by atoms with Crippen LogP contribution in [-0.4, -0.2) is 78.2 Å². The number of nitrogens with zero attached hydrogens (tertiary/aromatic N) is 3. The molecule has 0 saturated carbocycles. The minimum absolute atomic E-state index is 0.122. The van der Waals surface area contributed by atoms with E-state index in [1.54, 1.807) is 56.6 Å². The molecule has 2 aliphatic rings. The number of nitrogens with one attached hydrogen (secondary N) is 6. The number of amides is 4. The molecule has 296 valence electrons. The Balaban J connectivity index is 0.897. The van der Waals surface area contributed by atoms with Crippen molar-refractivity contribution in [3.8, 4) is 5.75 Å². The Morgan fingerprint density at radius 3 is 2.61 bits per heavy atom. The lowest BCUT2D eigenvalue weighted by molar-refractivity contribution is -0.137. The van der Waals surface area contributed by atoms with E-state index in [4.69, 9.17) is 4.74 Å². The predicted molar refractivity (Wildman–Crippen MR) is 211 cm³/mol. The van der Waals surface area contributed by atoms with Crippen LogP contribution < -0.4 is 36.0 Å². The monoisotopic (exact) mass is 803 g/mol. The molecule has 2 aromatic carbocycles. The van der Waals surface area contributed by atoms with Gasteiger partial charge in [0, 0.05) is 51.9 Å². The van der Waals surface area contributed by atoms with E-state index < -0.39 is 27.5 Å². The molecule has 56 heavy (non-hydrogen) atoms. The number of thiophene rings is 1. The number of hydrogen-bond donors (Lipinski definition) is 6. The fourth-order valence-electron chi connectivity index (χ4n) is 6.11. The zero-order chi connectivity index (χ0) is 40.0. The Morgan fingerprint density at radius 1 is 1.07 bits per heavy atom. The highest BCUT2D eigenvalue weighted by Crippen LogP contribution is 2.34. The van der Waals surface area contributed by atoms with E-state index in [1.807, 2.05) is 31.2 Å². The van der Waals surface area contributed by atoms with Crippen LogP contribution in [0.3, 0.4) is 0 Å². The van der Waals surface area contributed by atoms with Crippen LogP contribution in [0.25, 0.3) is 0 Å². The Labute approximate surface area is 329 Å². The number of piperidine rings is 1. The molecule has 6 N–H and O–H groups in total. The molecule has 18 heteroatoms. The minimum Gasteiger partial charge on any atom is -0.494 e. The molecule has 0 unspecified atom stereocenters. The van der Waals surface area contributed by atoms with Gasteiger partial charge in [-0.15, -0.1) is 11.3 Å². The topological polar surface area (TPSA) is 213 Å². The number of sulfonamides is 1. The van der Waals surface area contributed by atoms with Crippen molar-refractivity contribution in [3.63, 3.8) is 0 Å². The quantitative estimate of drug-likeness (QED) is 0.0705. The number of imide groups is 1. The van der Waals surface area contributed by atoms with Gasteiger partial charge < -0.3 is 30.9 Å². The first-order chi connectivity index (χ1) is 26.6. The van der Waals surface area contributed by atoms with Gasteiger partial charge in [0.25, 0.3) is 5.91 Å². The average molecular weight is 804 g/mol. The molecule has 0 radical (unpaired) electrons. The van der Waals surface area contributed by atoms with Gasteiger partial charge in [0.2, 0.25) is 33.7 Å². The molecule has 4 amide bonds. The van der Waals surface area contributed by atoms with Crippen LogP contribution in [0.1, 0.15) is 66.4 Å². The van der Waals surface area contributed by atoms with Crippen molar-refractivity contribution in [1.82, 2.24) is 35.5 Å². The van der Waals surface area contributed by atoms with Crippen LogP contribution in [-0.2, 0) is 37.5 Å². The summed E-state index contributed by atoms with van der Waals surface area (Å²) in [6.07, 6.45) is 2.84. The van der Waals surface area contributed by atoms with Gasteiger partial charge in [0.15, 0.2) is 0 Å². The summed E-state index contributed by atoms with van der Waals surface area (Å²) in [5.41, 5.74) is 2.82. The third-order valence-electron chi connectivity index (χ3n) is 8.81. The van der Waals surface area contributed by atoms with E-state index in [9.17, 15) is 27.6 Å². The summed E-state index contributed by atoms with van der Waals surface area (Å²) < 4.78 is 34.2. The molecular formula is C38H45N9O7S2. The Bertz CT molecular complexity index is 2220. The lowest BCUT2D eigenvalue weighted by atomic mass is 10.0. The van der Waals surface area contributed by atoms with Crippen molar-refractivity contribution >= 4 is 68.1 Å². The number of benzene rings is 2. The highest BCUT2D eigenvalue weighted by Gasteiger charge is 2.40. The number of hydrogen-bond acceptors (Lipinski definition) is 13. The lowest BCUT2D eigenvalue weighted by Gasteiger charge is -2.29. The first-order valence-corrected chi connectivity index (χ1v) is 20.5. The van der Waals surface area contributed by atoms with E-state index >= 15 is 0 Å². The standard InChI is InChI=1S/C38H45N9O7S2/c1-23-18-41-37(45-34(23)42-25-7-5-8-27(17-25)56(52,53)46-38(2,3)4)43-24-9-11-26(12-10-24)54-16-6-15-39-20-33(49)40-19-31-28-21-47(36(51)29(28)22-55-31)30-13-14-32(48)44-35(30)50/h5,7-12,17-18,22,30,39,46H,6,13-16,19-21H2,1-4H3,(H,40,49)(H,44,48,50)(H2,41,42,43,45)/t30-/m0/s1. The van der Waals surface area contributed by atoms with Gasteiger partial charge in [0.05, 0.1) is 30.2 Å². The smallest absolute Gasteiger partial charge is 0.256 e. The van der Waals surface area contributed by atoms with Gasteiger partial charge in [-0.2, -0.15) is 4.98 Å². The van der Waals surface area contributed by atoms with Crippen LogP contribution in [0.4, 0.5) is 23.1 Å². The molecule has 16 nitrogen and oxygen atoms in total. The zero-order valence-corrected chi connectivity index (χ0v) is 33.2. The van der Waals surface area contributed by atoms with Gasteiger partial charge in [0.1, 0.15) is 17.6 Å². The summed E-state index contributed by atoms with van der Waals surface area (Å²) in [4.78, 5) is 60.7. The molecule has 4 aromatic rings. The molecule has 2 aromatic heterocycles. The average Bonchev–Trinajstić information content (AvgIpc) is 3.69. The predicted octanol–water partition coefficient (Wildman–Crippen LogP) is 3.85. The molecule has 1 saturated heterocycles. The molecule has 6 rings (SSSR count). The molecule has 0 spiro atoms. The number of carbonyl (C=O) groups is 4. The van der Waals surface area contributed by atoms with Crippen LogP contribution in [0, 0.1) is 6.92 Å². The Morgan fingerprint density at radius 2 is 1.86 bits per heavy atom. The van der Waals surface area contributed by atoms with Gasteiger partial charge in [-0.3, -0.25) is 24.5 Å². The van der Waals surface area contributed by atoms with Crippen LogP contribution >= 0.6 is 11.3 Å². The molecule has 4 heterocycles. The summed E-state index contributed by atoms with van der Waals surface area (Å²) >= 11 is 1.40. The molecule has 1 atom stereocenters. The van der Waals surface area contributed by atoms with E-state index in [0.717, 1.165) is 21.7 Å². The third-order valence-corrected chi connectivity index (χ3v) is 11.6. The number of ether oxygens (including phenoxy) is 1. The number of rotatable bonds is 16. The number of aromatic nitrogens is 2. The van der Waals surface area contributed by atoms with Gasteiger partial charge in [-0.1, -0.05) is 6.07 Å². The maximum absolute atomic E-state index is 12.9. The maximum Gasteiger partial charge on any atom is 0.256 e. The first-order valence-electron chi connectivity index (χ1n) is 18.1. The lowest BCUT2D eigenvalue weighted by Crippen LogP contribution is -2.52. The second kappa shape index (κ2) is 17.2. The highest BCUT2D eigenvalue weighted by atomic mass is 32.2. The largest absolute Gasteiger partial charge is 0.494 e. The fourth-order valence-corrected chi connectivity index (χ4v) is 8.55. The van der Waals surface area contributed by atoms with Crippen molar-refractivity contribution < 1.29 is 32.3 Å². The Hall–Kier alpha value is -5.43. The second-order valence-electron chi connectivity index (χ2n) is 14.5. The van der Waals surface area contributed by atoms with E-state index in [0.29, 0.717) is 54.8 Å². The van der Waals surface area contributed by atoms with Crippen LogP contribution in [0.15, 0.2) is 65.0 Å². The van der Waals surface area contributed by atoms with Gasteiger partial charge >= 0.3 is 0 Å². The third kappa shape index (κ3) is 10.2. The van der Waals surface area contributed by atoms with Gasteiger partial charge in [-0.25, -0.2) is 18.1 Å². The van der Waals surface area contributed by atoms with E-state index in [2.05, 4.69) is 41.3 Å². The molecule has 0 aliphatic carbocycles. The number of anilines is 4. The second-order valence-corrected chi connectivity index (χ2v) is 17.1. The summed E-state index contributed by atoms with van der Waals surface area (Å²) in [6, 6.07) is 13.2. The van der Waals surface area contributed by atoms with Crippen molar-refractivity contribution in [2.45, 2.75) is 76.5 Å². The van der Waals surface area contributed by atoms with Crippen molar-refractivity contribution in [2.75, 3.05) is 30.3 Å². The van der Waals surface area contributed by atoms with Crippen molar-refractivity contribution in [3.05, 3.63) is 81.7 Å². The number of carbonyl (C=O) groups excluding carboxylic acids is 4. The normalized spacial score (nSPS) is 15.7. The number of fused-ring (bicyclic) bond motifs is 1. The summed E-state index contributed by atoms with van der Waals surface area (Å²) in [5.74, 6) is 0.358. The van der Waals surface area contributed by atoms with E-state index in [1.165, 1.54) is 16.2 Å². The summed E-state index contributed by atoms with van der Waals surface area (Å²) in [5, 5.41) is 16.4. The zero-order valence-electron chi connectivity index (χ0n) is 31.5. The molecule has 0 bridgehead atoms. The highest BCUT2D eigenvalue weighted by molar-refractivity contribution is 7.89. The van der Waals surface area contributed by atoms with Crippen molar-refractivity contribution in [1.29, 1.82) is 0 Å². The van der Waals surface area contributed by atoms with Crippen LogP contribution in [0.2, 0.25) is 0 Å². The molecular weight excluding hydrogens is 759 g/mol. The maximum atomic E-state index is 12.9. The minimum atomic E-state index is -3.71. The van der Waals surface area contributed by atoms with Gasteiger partial charge in [-0.05, 0) is 95.1 Å². The summed E-state index contributed by atoms with van der Waals surface area (Å²) in [7, 11) is -3.71. The first kappa shape index (κ1) is 40.2. The fraction of sp³-hybridized carbons (Fsp3) is 0.368. The van der Waals surface area contributed by atoms with E-state index in [-0.39, 0.29) is 48.7 Å². The number of aryl methyl sites for hydroxylation is 1. The van der Waals surface area contributed by atoms with Crippen LogP contribution in [0.5, 0.6) is 5.75 Å². The van der Waals surface area contributed by atoms with Crippen molar-refractivity contribution in [2.24, 2.45) is 0 Å². The molecule has 2 aliphatic heterocycles. The summed E-state index contributed by atoms with van der Waals surface area (Å²) in [6.45, 7) is 8.88. The Kier molecular flexibility index (Phi) is 12.3. The molecule has 1 fully saturated rings.